The summed E-state index contributed by atoms with van der Waals surface area (Å²) < 4.78 is 23.4. The molecule has 1 rings (SSSR count). The Hall–Kier alpha value is -1.60. The highest BCUT2D eigenvalue weighted by Crippen LogP contribution is 2.26. The SMILES string of the molecule is C=C(OC)/C(P)=C\C(=C)c1ccc(OC)c(F)c1. The summed E-state index contributed by atoms with van der Waals surface area (Å²) in [7, 11) is 5.47. The van der Waals surface area contributed by atoms with Gasteiger partial charge in [-0.1, -0.05) is 19.2 Å². The Morgan fingerprint density at radius 2 is 2.00 bits per heavy atom. The van der Waals surface area contributed by atoms with Gasteiger partial charge in [0.25, 0.3) is 0 Å². The van der Waals surface area contributed by atoms with E-state index in [4.69, 9.17) is 9.47 Å². The van der Waals surface area contributed by atoms with Gasteiger partial charge in [0.2, 0.25) is 0 Å². The van der Waals surface area contributed by atoms with Crippen molar-refractivity contribution in [3.8, 4) is 5.75 Å². The van der Waals surface area contributed by atoms with E-state index in [-0.39, 0.29) is 5.75 Å². The second kappa shape index (κ2) is 6.36. The van der Waals surface area contributed by atoms with E-state index in [2.05, 4.69) is 22.4 Å². The number of halogens is 1. The van der Waals surface area contributed by atoms with Crippen molar-refractivity contribution in [1.29, 1.82) is 0 Å². The fraction of sp³-hybridized carbons (Fsp3) is 0.143. The number of ether oxygens (including phenoxy) is 2. The molecule has 2 nitrogen and oxygen atoms in total. The van der Waals surface area contributed by atoms with Crippen molar-refractivity contribution < 1.29 is 13.9 Å². The van der Waals surface area contributed by atoms with E-state index in [0.29, 0.717) is 16.9 Å². The Bertz CT molecular complexity index is 507. The molecule has 4 heteroatoms. The van der Waals surface area contributed by atoms with Crippen molar-refractivity contribution in [3.63, 3.8) is 0 Å². The van der Waals surface area contributed by atoms with E-state index in [1.54, 1.807) is 18.2 Å². The van der Waals surface area contributed by atoms with Gasteiger partial charge in [-0.25, -0.2) is 4.39 Å². The summed E-state index contributed by atoms with van der Waals surface area (Å²) in [5.74, 6) is 0.318. The predicted molar refractivity (Wildman–Crippen MR) is 75.9 cm³/mol. The van der Waals surface area contributed by atoms with E-state index in [1.807, 2.05) is 0 Å². The second-order valence-corrected chi connectivity index (χ2v) is 4.22. The fourth-order valence-electron chi connectivity index (χ4n) is 1.34. The largest absolute Gasteiger partial charge is 0.497 e. The van der Waals surface area contributed by atoms with Crippen LogP contribution in [-0.4, -0.2) is 14.2 Å². The first-order chi connectivity index (χ1) is 8.49. The average molecular weight is 266 g/mol. The molecule has 0 aromatic heterocycles. The summed E-state index contributed by atoms with van der Waals surface area (Å²) in [4.78, 5) is 0. The lowest BCUT2D eigenvalue weighted by molar-refractivity contribution is 0.307. The highest BCUT2D eigenvalue weighted by Gasteiger charge is 2.05. The molecule has 0 heterocycles. The first-order valence-electron chi connectivity index (χ1n) is 5.22. The number of methoxy groups -OCH3 is 2. The van der Waals surface area contributed by atoms with E-state index >= 15 is 0 Å². The summed E-state index contributed by atoms with van der Waals surface area (Å²) in [6, 6.07) is 4.69. The van der Waals surface area contributed by atoms with Gasteiger partial charge in [-0.3, -0.25) is 0 Å². The Morgan fingerprint density at radius 1 is 1.33 bits per heavy atom. The Balaban J connectivity index is 2.98. The molecule has 1 unspecified atom stereocenters. The lowest BCUT2D eigenvalue weighted by Gasteiger charge is -2.07. The van der Waals surface area contributed by atoms with Crippen molar-refractivity contribution >= 4 is 14.8 Å². The molecule has 0 radical (unpaired) electrons. The maximum Gasteiger partial charge on any atom is 0.165 e. The number of hydrogen-bond donors (Lipinski definition) is 0. The molecule has 0 amide bonds. The Morgan fingerprint density at radius 3 is 2.50 bits per heavy atom. The molecule has 1 aromatic rings. The highest BCUT2D eigenvalue weighted by molar-refractivity contribution is 7.23. The smallest absolute Gasteiger partial charge is 0.165 e. The van der Waals surface area contributed by atoms with Gasteiger partial charge in [-0.15, -0.1) is 9.24 Å². The third-order valence-electron chi connectivity index (χ3n) is 2.42. The van der Waals surface area contributed by atoms with Crippen molar-refractivity contribution in [2.45, 2.75) is 0 Å². The zero-order chi connectivity index (χ0) is 13.7. The van der Waals surface area contributed by atoms with Gasteiger partial charge in [0, 0.05) is 5.31 Å². The second-order valence-electron chi connectivity index (χ2n) is 3.60. The van der Waals surface area contributed by atoms with Gasteiger partial charge < -0.3 is 9.47 Å². The number of rotatable bonds is 5. The lowest BCUT2D eigenvalue weighted by atomic mass is 10.1. The number of hydrogen-bond acceptors (Lipinski definition) is 2. The van der Waals surface area contributed by atoms with E-state index in [1.165, 1.54) is 20.3 Å². The fourth-order valence-corrected chi connectivity index (χ4v) is 1.65. The molecule has 0 spiro atoms. The normalized spacial score (nSPS) is 11.0. The van der Waals surface area contributed by atoms with Gasteiger partial charge in [-0.2, -0.15) is 0 Å². The van der Waals surface area contributed by atoms with Crippen LogP contribution in [0.15, 0.2) is 48.5 Å². The van der Waals surface area contributed by atoms with Gasteiger partial charge >= 0.3 is 0 Å². The van der Waals surface area contributed by atoms with Crippen LogP contribution in [0.25, 0.3) is 5.57 Å². The average Bonchev–Trinajstić information content (AvgIpc) is 2.37. The maximum absolute atomic E-state index is 13.5. The van der Waals surface area contributed by atoms with Crippen LogP contribution in [0.2, 0.25) is 0 Å². The molecule has 0 N–H and O–H groups in total. The van der Waals surface area contributed by atoms with E-state index in [0.717, 1.165) is 5.31 Å². The minimum Gasteiger partial charge on any atom is -0.497 e. The van der Waals surface area contributed by atoms with Crippen LogP contribution in [-0.2, 0) is 4.74 Å². The number of allylic oxidation sites excluding steroid dienone is 3. The molecule has 0 aliphatic rings. The first kappa shape index (κ1) is 14.5. The lowest BCUT2D eigenvalue weighted by Crippen LogP contribution is -1.90. The van der Waals surface area contributed by atoms with Crippen LogP contribution in [0.3, 0.4) is 0 Å². The predicted octanol–water partition coefficient (Wildman–Crippen LogP) is 3.77. The van der Waals surface area contributed by atoms with Crippen molar-refractivity contribution in [1.82, 2.24) is 0 Å². The summed E-state index contributed by atoms with van der Waals surface area (Å²) in [5.41, 5.74) is 1.34. The quantitative estimate of drug-likeness (QED) is 0.459. The van der Waals surface area contributed by atoms with Crippen molar-refractivity contribution in [2.75, 3.05) is 14.2 Å². The Kier molecular flexibility index (Phi) is 5.11. The molecule has 0 fully saturated rings. The molecule has 1 aromatic carbocycles. The van der Waals surface area contributed by atoms with Gasteiger partial charge in [-0.05, 0) is 29.3 Å². The molecule has 1 atom stereocenters. The van der Waals surface area contributed by atoms with Gasteiger partial charge in [0.15, 0.2) is 11.6 Å². The van der Waals surface area contributed by atoms with Crippen LogP contribution in [0, 0.1) is 5.82 Å². The summed E-state index contributed by atoms with van der Waals surface area (Å²) in [6.45, 7) is 7.60. The summed E-state index contributed by atoms with van der Waals surface area (Å²) >= 11 is 0. The molecular formula is C14H16FO2P. The maximum atomic E-state index is 13.5. The minimum absolute atomic E-state index is 0.211. The minimum atomic E-state index is -0.416. The van der Waals surface area contributed by atoms with Crippen LogP contribution >= 0.6 is 9.24 Å². The molecular weight excluding hydrogens is 250 g/mol. The summed E-state index contributed by atoms with van der Waals surface area (Å²) in [5, 5.41) is 0.763. The third-order valence-corrected chi connectivity index (χ3v) is 2.91. The number of benzene rings is 1. The zero-order valence-corrected chi connectivity index (χ0v) is 11.7. The highest BCUT2D eigenvalue weighted by atomic mass is 31.0. The zero-order valence-electron chi connectivity index (χ0n) is 10.5. The summed E-state index contributed by atoms with van der Waals surface area (Å²) in [6.07, 6.45) is 1.76. The first-order valence-corrected chi connectivity index (χ1v) is 5.80. The van der Waals surface area contributed by atoms with Crippen molar-refractivity contribution in [2.24, 2.45) is 0 Å². The topological polar surface area (TPSA) is 18.5 Å². The standard InChI is InChI=1S/C14H16FO2P/c1-9(7-14(18)10(2)16-3)11-5-6-13(17-4)12(15)8-11/h5-8H,1-2,18H2,3-4H3/b14-7+. The third kappa shape index (κ3) is 3.44. The van der Waals surface area contributed by atoms with Crippen LogP contribution in [0.5, 0.6) is 5.75 Å². The Labute approximate surface area is 109 Å². The van der Waals surface area contributed by atoms with Crippen molar-refractivity contribution in [3.05, 3.63) is 59.9 Å². The molecule has 18 heavy (non-hydrogen) atoms. The van der Waals surface area contributed by atoms with E-state index < -0.39 is 5.82 Å². The molecule has 0 saturated carbocycles. The molecule has 0 aliphatic carbocycles. The van der Waals surface area contributed by atoms with E-state index in [9.17, 15) is 4.39 Å². The van der Waals surface area contributed by atoms with Gasteiger partial charge in [0.05, 0.1) is 14.2 Å². The van der Waals surface area contributed by atoms with Crippen LogP contribution in [0.4, 0.5) is 4.39 Å². The molecule has 96 valence electrons. The molecule has 0 saturated heterocycles. The molecule has 0 bridgehead atoms. The molecule has 0 aliphatic heterocycles. The monoisotopic (exact) mass is 266 g/mol. The van der Waals surface area contributed by atoms with Crippen LogP contribution < -0.4 is 4.74 Å². The van der Waals surface area contributed by atoms with Gasteiger partial charge in [0.1, 0.15) is 5.76 Å². The van der Waals surface area contributed by atoms with Crippen LogP contribution in [0.1, 0.15) is 5.56 Å².